The second kappa shape index (κ2) is 4.35. The number of hydrogen-bond donors (Lipinski definition) is 1. The first-order chi connectivity index (χ1) is 7.70. The maximum atomic E-state index is 10.9. The van der Waals surface area contributed by atoms with Crippen molar-refractivity contribution in [1.29, 1.82) is 0 Å². The Hall–Kier alpha value is -1.84. The summed E-state index contributed by atoms with van der Waals surface area (Å²) in [5.74, 6) is -0.249. The number of nitrogens with zero attached hydrogens (tertiary/aromatic N) is 2. The first kappa shape index (κ1) is 10.7. The van der Waals surface area contributed by atoms with Gasteiger partial charge in [0.1, 0.15) is 5.82 Å². The SMILES string of the molecule is C=C(C(=O)O)c1cccnc1N1CCCC1. The van der Waals surface area contributed by atoms with Gasteiger partial charge in [0.25, 0.3) is 0 Å². The quantitative estimate of drug-likeness (QED) is 0.786. The van der Waals surface area contributed by atoms with Crippen molar-refractivity contribution in [3.63, 3.8) is 0 Å². The zero-order valence-electron chi connectivity index (χ0n) is 9.02. The van der Waals surface area contributed by atoms with Crippen molar-refractivity contribution in [2.24, 2.45) is 0 Å². The molecule has 0 aliphatic carbocycles. The molecule has 1 fully saturated rings. The normalized spacial score (nSPS) is 15.1. The largest absolute Gasteiger partial charge is 0.478 e. The van der Waals surface area contributed by atoms with Crippen LogP contribution in [-0.4, -0.2) is 29.1 Å². The highest BCUT2D eigenvalue weighted by Crippen LogP contribution is 2.26. The molecule has 1 aliphatic heterocycles. The Morgan fingerprint density at radius 3 is 2.75 bits per heavy atom. The van der Waals surface area contributed by atoms with E-state index in [1.807, 2.05) is 0 Å². The van der Waals surface area contributed by atoms with Crippen molar-refractivity contribution < 1.29 is 9.90 Å². The monoisotopic (exact) mass is 218 g/mol. The van der Waals surface area contributed by atoms with Gasteiger partial charge in [-0.3, -0.25) is 0 Å². The molecule has 0 aromatic carbocycles. The molecule has 2 rings (SSSR count). The minimum atomic E-state index is -0.992. The minimum Gasteiger partial charge on any atom is -0.478 e. The van der Waals surface area contributed by atoms with Crippen LogP contribution in [0, 0.1) is 0 Å². The summed E-state index contributed by atoms with van der Waals surface area (Å²) in [5.41, 5.74) is 0.729. The van der Waals surface area contributed by atoms with Gasteiger partial charge in [0.2, 0.25) is 0 Å². The number of rotatable bonds is 3. The number of carbonyl (C=O) groups is 1. The van der Waals surface area contributed by atoms with Gasteiger partial charge in [0.05, 0.1) is 5.57 Å². The molecule has 4 nitrogen and oxygen atoms in total. The second-order valence-corrected chi connectivity index (χ2v) is 3.85. The van der Waals surface area contributed by atoms with Crippen LogP contribution in [0.3, 0.4) is 0 Å². The molecule has 0 spiro atoms. The summed E-state index contributed by atoms with van der Waals surface area (Å²) < 4.78 is 0. The molecule has 0 amide bonds. The Labute approximate surface area is 94.2 Å². The van der Waals surface area contributed by atoms with Crippen LogP contribution in [0.1, 0.15) is 18.4 Å². The van der Waals surface area contributed by atoms with Gasteiger partial charge >= 0.3 is 5.97 Å². The topological polar surface area (TPSA) is 53.4 Å². The average Bonchev–Trinajstić information content (AvgIpc) is 2.81. The van der Waals surface area contributed by atoms with Gasteiger partial charge in [-0.2, -0.15) is 0 Å². The summed E-state index contributed by atoms with van der Waals surface area (Å²) in [6.45, 7) is 5.47. The van der Waals surface area contributed by atoms with Gasteiger partial charge in [-0.25, -0.2) is 9.78 Å². The maximum Gasteiger partial charge on any atom is 0.335 e. The van der Waals surface area contributed by atoms with E-state index in [0.717, 1.165) is 31.7 Å². The van der Waals surface area contributed by atoms with Crippen molar-refractivity contribution in [3.05, 3.63) is 30.5 Å². The van der Waals surface area contributed by atoms with Crippen molar-refractivity contribution in [2.45, 2.75) is 12.8 Å². The summed E-state index contributed by atoms with van der Waals surface area (Å²) in [6, 6.07) is 3.50. The van der Waals surface area contributed by atoms with Crippen LogP contribution in [0.4, 0.5) is 5.82 Å². The van der Waals surface area contributed by atoms with Gasteiger partial charge < -0.3 is 10.0 Å². The third-order valence-electron chi connectivity index (χ3n) is 2.78. The number of pyridine rings is 1. The lowest BCUT2D eigenvalue weighted by molar-refractivity contribution is -0.130. The summed E-state index contributed by atoms with van der Waals surface area (Å²) in [4.78, 5) is 17.3. The van der Waals surface area contributed by atoms with Gasteiger partial charge in [0, 0.05) is 24.8 Å². The number of aliphatic carboxylic acids is 1. The molecule has 1 aromatic heterocycles. The zero-order valence-corrected chi connectivity index (χ0v) is 9.02. The Morgan fingerprint density at radius 2 is 2.12 bits per heavy atom. The number of carboxylic acids is 1. The highest BCUT2D eigenvalue weighted by molar-refractivity contribution is 6.15. The van der Waals surface area contributed by atoms with Crippen molar-refractivity contribution >= 4 is 17.4 Å². The van der Waals surface area contributed by atoms with Gasteiger partial charge in [-0.1, -0.05) is 6.58 Å². The molecule has 1 saturated heterocycles. The van der Waals surface area contributed by atoms with Crippen LogP contribution in [0.15, 0.2) is 24.9 Å². The highest BCUT2D eigenvalue weighted by Gasteiger charge is 2.20. The number of hydrogen-bond acceptors (Lipinski definition) is 3. The smallest absolute Gasteiger partial charge is 0.335 e. The average molecular weight is 218 g/mol. The molecule has 16 heavy (non-hydrogen) atoms. The fourth-order valence-electron chi connectivity index (χ4n) is 1.93. The van der Waals surface area contributed by atoms with Crippen LogP contribution in [-0.2, 0) is 4.79 Å². The zero-order chi connectivity index (χ0) is 11.5. The summed E-state index contributed by atoms with van der Waals surface area (Å²) in [7, 11) is 0. The van der Waals surface area contributed by atoms with E-state index in [2.05, 4.69) is 16.5 Å². The lowest BCUT2D eigenvalue weighted by atomic mass is 10.1. The molecular formula is C12H14N2O2. The third kappa shape index (κ3) is 1.91. The molecule has 0 saturated carbocycles. The molecule has 84 valence electrons. The van der Waals surface area contributed by atoms with Gasteiger partial charge in [-0.15, -0.1) is 0 Å². The van der Waals surface area contributed by atoms with Crippen LogP contribution < -0.4 is 4.90 Å². The van der Waals surface area contributed by atoms with Crippen LogP contribution in [0.25, 0.3) is 5.57 Å². The van der Waals surface area contributed by atoms with Crippen LogP contribution in [0.5, 0.6) is 0 Å². The van der Waals surface area contributed by atoms with E-state index in [1.165, 1.54) is 0 Å². The predicted octanol–water partition coefficient (Wildman–Crippen LogP) is 1.78. The maximum absolute atomic E-state index is 10.9. The van der Waals surface area contributed by atoms with Crippen LogP contribution in [0.2, 0.25) is 0 Å². The lowest BCUT2D eigenvalue weighted by Gasteiger charge is -2.19. The van der Waals surface area contributed by atoms with Gasteiger partial charge in [0.15, 0.2) is 0 Å². The molecule has 0 unspecified atom stereocenters. The van der Waals surface area contributed by atoms with Gasteiger partial charge in [-0.05, 0) is 25.0 Å². The van der Waals surface area contributed by atoms with Crippen LogP contribution >= 0.6 is 0 Å². The molecule has 0 bridgehead atoms. The highest BCUT2D eigenvalue weighted by atomic mass is 16.4. The Balaban J connectivity index is 2.37. The molecule has 0 atom stereocenters. The first-order valence-electron chi connectivity index (χ1n) is 5.32. The molecule has 1 aromatic rings. The minimum absolute atomic E-state index is 0.106. The summed E-state index contributed by atoms with van der Waals surface area (Å²) in [6.07, 6.45) is 3.96. The first-order valence-corrected chi connectivity index (χ1v) is 5.32. The van der Waals surface area contributed by atoms with E-state index in [1.54, 1.807) is 18.3 Å². The second-order valence-electron chi connectivity index (χ2n) is 3.85. The molecule has 0 radical (unpaired) electrons. The van der Waals surface area contributed by atoms with E-state index in [-0.39, 0.29) is 5.57 Å². The Kier molecular flexibility index (Phi) is 2.90. The fourth-order valence-corrected chi connectivity index (χ4v) is 1.93. The number of carboxylic acid groups (broad SMARTS) is 1. The number of aromatic nitrogens is 1. The fraction of sp³-hybridized carbons (Fsp3) is 0.333. The molecule has 1 N–H and O–H groups in total. The standard InChI is InChI=1S/C12H14N2O2/c1-9(12(15)16)10-5-4-6-13-11(10)14-7-2-3-8-14/h4-6H,1-3,7-8H2,(H,15,16). The van der Waals surface area contributed by atoms with Crippen molar-refractivity contribution in [3.8, 4) is 0 Å². The lowest BCUT2D eigenvalue weighted by Crippen LogP contribution is -2.21. The Bertz CT molecular complexity index is 423. The molecular weight excluding hydrogens is 204 g/mol. The Morgan fingerprint density at radius 1 is 1.44 bits per heavy atom. The third-order valence-corrected chi connectivity index (χ3v) is 2.78. The molecule has 1 aliphatic rings. The van der Waals surface area contributed by atoms with E-state index < -0.39 is 5.97 Å². The van der Waals surface area contributed by atoms with Crippen molar-refractivity contribution in [1.82, 2.24) is 4.98 Å². The predicted molar refractivity (Wildman–Crippen MR) is 62.4 cm³/mol. The van der Waals surface area contributed by atoms with E-state index >= 15 is 0 Å². The molecule has 2 heterocycles. The molecule has 4 heteroatoms. The van der Waals surface area contributed by atoms with Crippen molar-refractivity contribution in [2.75, 3.05) is 18.0 Å². The van der Waals surface area contributed by atoms with E-state index in [9.17, 15) is 4.79 Å². The van der Waals surface area contributed by atoms with E-state index in [4.69, 9.17) is 5.11 Å². The van der Waals surface area contributed by atoms with E-state index in [0.29, 0.717) is 5.56 Å². The summed E-state index contributed by atoms with van der Waals surface area (Å²) >= 11 is 0. The summed E-state index contributed by atoms with van der Waals surface area (Å²) in [5, 5.41) is 8.96. The number of anilines is 1.